The minimum atomic E-state index is -3.78. The lowest BCUT2D eigenvalue weighted by Crippen LogP contribution is -2.40. The average molecular weight is 327 g/mol. The van der Waals surface area contributed by atoms with Gasteiger partial charge < -0.3 is 10.2 Å². The Labute approximate surface area is 130 Å². The number of amides is 2. The standard InChI is InChI=1S/C14H21N3O4S/c1-3-9-17(10-4-2)14(19)13(18)16-11-5-7-12(8-6-11)22(15,20)21/h5-8H,3-4,9-10H2,1-2H3,(H,16,18)(H2,15,20,21). The van der Waals surface area contributed by atoms with E-state index in [9.17, 15) is 18.0 Å². The molecule has 0 aliphatic carbocycles. The maximum Gasteiger partial charge on any atom is 0.313 e. The molecule has 3 N–H and O–H groups in total. The monoisotopic (exact) mass is 327 g/mol. The van der Waals surface area contributed by atoms with Crippen LogP contribution in [-0.4, -0.2) is 38.2 Å². The van der Waals surface area contributed by atoms with E-state index in [1.807, 2.05) is 13.8 Å². The molecule has 7 nitrogen and oxygen atoms in total. The Balaban J connectivity index is 2.77. The number of hydrogen-bond acceptors (Lipinski definition) is 4. The van der Waals surface area contributed by atoms with Crippen molar-refractivity contribution in [2.75, 3.05) is 18.4 Å². The molecule has 0 radical (unpaired) electrons. The van der Waals surface area contributed by atoms with Crippen LogP contribution in [0.25, 0.3) is 0 Å². The van der Waals surface area contributed by atoms with Crippen molar-refractivity contribution in [2.24, 2.45) is 5.14 Å². The van der Waals surface area contributed by atoms with Gasteiger partial charge in [0.25, 0.3) is 0 Å². The minimum Gasteiger partial charge on any atom is -0.334 e. The molecule has 22 heavy (non-hydrogen) atoms. The molecule has 0 unspecified atom stereocenters. The molecule has 0 heterocycles. The lowest BCUT2D eigenvalue weighted by molar-refractivity contribution is -0.143. The number of sulfonamides is 1. The predicted octanol–water partition coefficient (Wildman–Crippen LogP) is 0.921. The Bertz CT molecular complexity index is 620. The first-order valence-corrected chi connectivity index (χ1v) is 8.57. The summed E-state index contributed by atoms with van der Waals surface area (Å²) in [5.41, 5.74) is 0.332. The van der Waals surface area contributed by atoms with Gasteiger partial charge in [-0.3, -0.25) is 9.59 Å². The van der Waals surface area contributed by atoms with Crippen molar-refractivity contribution in [3.63, 3.8) is 0 Å². The molecule has 1 aromatic rings. The lowest BCUT2D eigenvalue weighted by Gasteiger charge is -2.20. The average Bonchev–Trinajstić information content (AvgIpc) is 2.46. The van der Waals surface area contributed by atoms with Crippen LogP contribution in [0.1, 0.15) is 26.7 Å². The van der Waals surface area contributed by atoms with Gasteiger partial charge in [-0.25, -0.2) is 13.6 Å². The number of benzene rings is 1. The van der Waals surface area contributed by atoms with Gasteiger partial charge in [-0.15, -0.1) is 0 Å². The van der Waals surface area contributed by atoms with Crippen LogP contribution >= 0.6 is 0 Å². The van der Waals surface area contributed by atoms with E-state index in [0.29, 0.717) is 18.8 Å². The van der Waals surface area contributed by atoms with Crippen molar-refractivity contribution in [2.45, 2.75) is 31.6 Å². The van der Waals surface area contributed by atoms with Crippen molar-refractivity contribution in [3.8, 4) is 0 Å². The van der Waals surface area contributed by atoms with Crippen LogP contribution in [0.5, 0.6) is 0 Å². The first kappa shape index (κ1) is 18.1. The molecule has 2 amide bonds. The zero-order valence-electron chi connectivity index (χ0n) is 12.7. The number of nitrogens with one attached hydrogen (secondary N) is 1. The van der Waals surface area contributed by atoms with Gasteiger partial charge in [0.05, 0.1) is 4.90 Å². The Hall–Kier alpha value is -1.93. The molecule has 1 aromatic carbocycles. The summed E-state index contributed by atoms with van der Waals surface area (Å²) in [5.74, 6) is -1.34. The predicted molar refractivity (Wildman–Crippen MR) is 83.6 cm³/mol. The van der Waals surface area contributed by atoms with Gasteiger partial charge in [0.15, 0.2) is 0 Å². The summed E-state index contributed by atoms with van der Waals surface area (Å²) >= 11 is 0. The molecular formula is C14H21N3O4S. The van der Waals surface area contributed by atoms with Crippen LogP contribution in [0.3, 0.4) is 0 Å². The highest BCUT2D eigenvalue weighted by molar-refractivity contribution is 7.89. The Morgan fingerprint density at radius 2 is 1.59 bits per heavy atom. The van der Waals surface area contributed by atoms with Gasteiger partial charge in [-0.1, -0.05) is 13.8 Å². The molecule has 0 aliphatic rings. The zero-order valence-corrected chi connectivity index (χ0v) is 13.5. The number of rotatable bonds is 6. The van der Waals surface area contributed by atoms with Crippen LogP contribution < -0.4 is 10.5 Å². The van der Waals surface area contributed by atoms with Crippen LogP contribution in [0.2, 0.25) is 0 Å². The van der Waals surface area contributed by atoms with Gasteiger partial charge in [-0.05, 0) is 37.1 Å². The third-order valence-corrected chi connectivity index (χ3v) is 3.84. The van der Waals surface area contributed by atoms with Crippen molar-refractivity contribution in [1.29, 1.82) is 0 Å². The van der Waals surface area contributed by atoms with E-state index in [4.69, 9.17) is 5.14 Å². The van der Waals surface area contributed by atoms with E-state index in [-0.39, 0.29) is 4.90 Å². The fraction of sp³-hybridized carbons (Fsp3) is 0.429. The second-order valence-corrected chi connectivity index (χ2v) is 6.38. The highest BCUT2D eigenvalue weighted by Gasteiger charge is 2.20. The molecule has 8 heteroatoms. The number of carbonyl (C=O) groups excluding carboxylic acids is 2. The van der Waals surface area contributed by atoms with Crippen molar-refractivity contribution in [1.82, 2.24) is 4.90 Å². The minimum absolute atomic E-state index is 0.0598. The maximum atomic E-state index is 12.1. The molecule has 0 aromatic heterocycles. The molecule has 0 saturated carbocycles. The van der Waals surface area contributed by atoms with E-state index in [1.54, 1.807) is 0 Å². The van der Waals surface area contributed by atoms with Crippen LogP contribution in [0, 0.1) is 0 Å². The van der Waals surface area contributed by atoms with E-state index in [0.717, 1.165) is 12.8 Å². The third-order valence-electron chi connectivity index (χ3n) is 2.91. The Morgan fingerprint density at radius 1 is 1.09 bits per heavy atom. The topological polar surface area (TPSA) is 110 Å². The summed E-state index contributed by atoms with van der Waals surface area (Å²) in [5, 5.41) is 7.44. The molecule has 122 valence electrons. The normalized spacial score (nSPS) is 11.0. The summed E-state index contributed by atoms with van der Waals surface area (Å²) in [7, 11) is -3.78. The second kappa shape index (κ2) is 7.90. The number of anilines is 1. The summed E-state index contributed by atoms with van der Waals surface area (Å²) in [6.45, 7) is 4.90. The van der Waals surface area contributed by atoms with E-state index < -0.39 is 21.8 Å². The number of nitrogens with two attached hydrogens (primary N) is 1. The number of hydrogen-bond donors (Lipinski definition) is 2. The van der Waals surface area contributed by atoms with Gasteiger partial charge in [-0.2, -0.15) is 0 Å². The van der Waals surface area contributed by atoms with Crippen molar-refractivity contribution >= 4 is 27.5 Å². The van der Waals surface area contributed by atoms with Crippen LogP contribution in [0.15, 0.2) is 29.2 Å². The molecule has 0 atom stereocenters. The van der Waals surface area contributed by atoms with Gasteiger partial charge in [0, 0.05) is 18.8 Å². The smallest absolute Gasteiger partial charge is 0.313 e. The zero-order chi connectivity index (χ0) is 16.8. The summed E-state index contributed by atoms with van der Waals surface area (Å²) in [6, 6.07) is 5.31. The highest BCUT2D eigenvalue weighted by atomic mass is 32.2. The number of primary sulfonamides is 1. The maximum absolute atomic E-state index is 12.1. The van der Waals surface area contributed by atoms with E-state index in [1.165, 1.54) is 29.2 Å². The first-order valence-electron chi connectivity index (χ1n) is 7.02. The quantitative estimate of drug-likeness (QED) is 0.757. The second-order valence-electron chi connectivity index (χ2n) is 4.82. The van der Waals surface area contributed by atoms with E-state index >= 15 is 0 Å². The van der Waals surface area contributed by atoms with Crippen molar-refractivity contribution in [3.05, 3.63) is 24.3 Å². The summed E-state index contributed by atoms with van der Waals surface area (Å²) in [4.78, 5) is 25.4. The van der Waals surface area contributed by atoms with E-state index in [2.05, 4.69) is 5.32 Å². The highest BCUT2D eigenvalue weighted by Crippen LogP contribution is 2.13. The lowest BCUT2D eigenvalue weighted by atomic mass is 10.3. The van der Waals surface area contributed by atoms with Crippen molar-refractivity contribution < 1.29 is 18.0 Å². The number of carbonyl (C=O) groups is 2. The van der Waals surface area contributed by atoms with Crippen LogP contribution in [0.4, 0.5) is 5.69 Å². The van der Waals surface area contributed by atoms with Gasteiger partial charge >= 0.3 is 11.8 Å². The Morgan fingerprint density at radius 3 is 2.00 bits per heavy atom. The third kappa shape index (κ3) is 5.12. The SMILES string of the molecule is CCCN(CCC)C(=O)C(=O)Nc1ccc(S(N)(=O)=O)cc1. The van der Waals surface area contributed by atoms with Gasteiger partial charge in [0.1, 0.15) is 0 Å². The number of nitrogens with zero attached hydrogens (tertiary/aromatic N) is 1. The molecule has 0 saturated heterocycles. The molecular weight excluding hydrogens is 306 g/mol. The fourth-order valence-corrected chi connectivity index (χ4v) is 2.43. The summed E-state index contributed by atoms with van der Waals surface area (Å²) in [6.07, 6.45) is 1.53. The largest absolute Gasteiger partial charge is 0.334 e. The van der Waals surface area contributed by atoms with Gasteiger partial charge in [0.2, 0.25) is 10.0 Å². The molecule has 1 rings (SSSR count). The summed E-state index contributed by atoms with van der Waals surface area (Å²) < 4.78 is 22.3. The molecule has 0 spiro atoms. The molecule has 0 fully saturated rings. The Kier molecular flexibility index (Phi) is 6.51. The molecule has 0 bridgehead atoms. The van der Waals surface area contributed by atoms with Crippen LogP contribution in [-0.2, 0) is 19.6 Å². The first-order chi connectivity index (χ1) is 10.3. The fourth-order valence-electron chi connectivity index (χ4n) is 1.91. The molecule has 0 aliphatic heterocycles.